The molecule has 3 aliphatic rings. The highest BCUT2D eigenvalue weighted by atomic mass is 19.4. The van der Waals surface area contributed by atoms with Crippen LogP contribution < -0.4 is 26.3 Å². The summed E-state index contributed by atoms with van der Waals surface area (Å²) in [5.41, 5.74) is -4.09. The van der Waals surface area contributed by atoms with Crippen molar-refractivity contribution in [3.8, 4) is 23.1 Å². The summed E-state index contributed by atoms with van der Waals surface area (Å²) in [4.78, 5) is 62.5. The summed E-state index contributed by atoms with van der Waals surface area (Å²) >= 11 is 0. The molecule has 2 unspecified atom stereocenters. The minimum atomic E-state index is -5.23. The van der Waals surface area contributed by atoms with Crippen LogP contribution in [0.25, 0.3) is 11.3 Å². The van der Waals surface area contributed by atoms with Gasteiger partial charge >= 0.3 is 24.5 Å². The summed E-state index contributed by atoms with van der Waals surface area (Å²) in [5, 5.41) is 22.5. The van der Waals surface area contributed by atoms with Gasteiger partial charge in [-0.3, -0.25) is 24.6 Å². The number of aromatic nitrogens is 3. The lowest BCUT2D eigenvalue weighted by Gasteiger charge is -2.47. The van der Waals surface area contributed by atoms with E-state index in [9.17, 15) is 59.4 Å². The molecule has 3 aliphatic heterocycles. The van der Waals surface area contributed by atoms with Crippen LogP contribution in [0, 0.1) is 34.3 Å². The molecule has 0 saturated carbocycles. The molecule has 2 aromatic heterocycles. The van der Waals surface area contributed by atoms with Crippen molar-refractivity contribution in [3.63, 3.8) is 0 Å². The van der Waals surface area contributed by atoms with E-state index in [0.29, 0.717) is 62.0 Å². The summed E-state index contributed by atoms with van der Waals surface area (Å²) in [7, 11) is 1.61. The number of aliphatic hydroxyl groups excluding tert-OH is 1. The number of hydrogen-bond donors (Lipinski definition) is 5. The lowest BCUT2D eigenvalue weighted by atomic mass is 9.82. The van der Waals surface area contributed by atoms with Crippen LogP contribution >= 0.6 is 0 Å². The molecule has 0 aliphatic carbocycles. The fourth-order valence-corrected chi connectivity index (χ4v) is 9.84. The van der Waals surface area contributed by atoms with E-state index < -0.39 is 121 Å². The van der Waals surface area contributed by atoms with E-state index in [1.54, 1.807) is 23.6 Å². The van der Waals surface area contributed by atoms with Crippen LogP contribution in [0.3, 0.4) is 0 Å². The molecule has 5 N–H and O–H groups in total. The Balaban J connectivity index is 1.18. The SMILES string of the molecule is COC(=O)N[C@H](C(=O)N[C@@H](Cc1ccc(C#Cc2ccc(N3CC4CCC(C3)N4C3COC3)nc2)cc1)[C@@H](O)CN(Cc1c(F)cc(-c2ccn(CC(F)F)n2)cc1F)NC(=O)[C@@H](NC(=O)OC)C(C)(C)C(F)(F)F)C(C)(C)C(F)(F)F. The van der Waals surface area contributed by atoms with Crippen molar-refractivity contribution in [1.29, 1.82) is 0 Å². The number of carbonyl (C=O) groups excluding carboxylic acids is 4. The van der Waals surface area contributed by atoms with Crippen molar-refractivity contribution in [2.75, 3.05) is 52.0 Å². The van der Waals surface area contributed by atoms with E-state index in [4.69, 9.17) is 4.74 Å². The number of fused-ring (bicyclic) bond motifs is 2. The van der Waals surface area contributed by atoms with Crippen molar-refractivity contribution in [1.82, 2.24) is 46.0 Å². The topological polar surface area (TPSA) is 205 Å². The maximum atomic E-state index is 16.1. The molecule has 2 bridgehead atoms. The third kappa shape index (κ3) is 14.7. The molecule has 3 fully saturated rings. The number of methoxy groups -OCH3 is 2. The van der Waals surface area contributed by atoms with E-state index >= 15 is 8.78 Å². The minimum Gasteiger partial charge on any atom is -0.453 e. The second-order valence-electron chi connectivity index (χ2n) is 21.3. The van der Waals surface area contributed by atoms with Crippen molar-refractivity contribution in [2.45, 2.75) is 121 Å². The second-order valence-corrected chi connectivity index (χ2v) is 21.3. The summed E-state index contributed by atoms with van der Waals surface area (Å²) in [6.45, 7) is 2.37. The largest absolute Gasteiger partial charge is 0.453 e. The number of ether oxygens (including phenoxy) is 3. The van der Waals surface area contributed by atoms with Gasteiger partial charge in [-0.25, -0.2) is 37.1 Å². The Morgan fingerprint density at radius 2 is 1.33 bits per heavy atom. The molecule has 5 heterocycles. The molecular weight excluding hydrogens is 1110 g/mol. The fourth-order valence-electron chi connectivity index (χ4n) is 9.84. The van der Waals surface area contributed by atoms with Gasteiger partial charge in [-0.1, -0.05) is 24.0 Å². The van der Waals surface area contributed by atoms with Crippen molar-refractivity contribution in [2.24, 2.45) is 10.8 Å². The number of nitrogens with zero attached hydrogens (tertiary/aromatic N) is 6. The van der Waals surface area contributed by atoms with E-state index in [1.165, 1.54) is 18.2 Å². The Labute approximate surface area is 465 Å². The Morgan fingerprint density at radius 1 is 0.780 bits per heavy atom. The maximum Gasteiger partial charge on any atom is 0.407 e. The summed E-state index contributed by atoms with van der Waals surface area (Å²) in [6, 6.07) is 6.97. The number of hydrogen-bond acceptors (Lipinski definition) is 13. The Morgan fingerprint density at radius 3 is 1.83 bits per heavy atom. The predicted molar refractivity (Wildman–Crippen MR) is 274 cm³/mol. The number of benzene rings is 2. The van der Waals surface area contributed by atoms with Gasteiger partial charge in [0.25, 0.3) is 12.3 Å². The third-order valence-electron chi connectivity index (χ3n) is 15.0. The zero-order valence-corrected chi connectivity index (χ0v) is 45.3. The highest BCUT2D eigenvalue weighted by molar-refractivity contribution is 5.87. The summed E-state index contributed by atoms with van der Waals surface area (Å²) < 4.78 is 161. The zero-order valence-electron chi connectivity index (χ0n) is 45.3. The number of rotatable bonds is 20. The van der Waals surface area contributed by atoms with Crippen molar-refractivity contribution >= 4 is 29.8 Å². The molecule has 3 saturated heterocycles. The summed E-state index contributed by atoms with van der Waals surface area (Å²) in [5.74, 6) is 0.901. The average molecular weight is 1170 g/mol. The van der Waals surface area contributed by atoms with Gasteiger partial charge in [0, 0.05) is 72.9 Å². The molecule has 7 rings (SSSR count). The van der Waals surface area contributed by atoms with E-state index in [1.807, 2.05) is 17.4 Å². The number of aliphatic hydroxyl groups is 1. The molecule has 0 radical (unpaired) electrons. The van der Waals surface area contributed by atoms with Crippen LogP contribution in [0.2, 0.25) is 0 Å². The highest BCUT2D eigenvalue weighted by Gasteiger charge is 2.57. The van der Waals surface area contributed by atoms with Crippen molar-refractivity contribution in [3.05, 3.63) is 101 Å². The molecule has 0 spiro atoms. The first-order valence-corrected chi connectivity index (χ1v) is 25.8. The predicted octanol–water partition coefficient (Wildman–Crippen LogP) is 6.49. The zero-order chi connectivity index (χ0) is 60.1. The van der Waals surface area contributed by atoms with Crippen LogP contribution in [0.4, 0.5) is 59.3 Å². The Kier molecular flexibility index (Phi) is 19.4. The first kappa shape index (κ1) is 62.4. The number of anilines is 1. The number of amides is 4. The van der Waals surface area contributed by atoms with Gasteiger partial charge in [0.15, 0.2) is 0 Å². The first-order valence-electron chi connectivity index (χ1n) is 25.8. The van der Waals surface area contributed by atoms with Gasteiger partial charge in [0.2, 0.25) is 5.91 Å². The van der Waals surface area contributed by atoms with Crippen LogP contribution in [0.15, 0.2) is 67.0 Å². The molecule has 4 aromatic rings. The van der Waals surface area contributed by atoms with Gasteiger partial charge in [0.05, 0.1) is 62.1 Å². The molecule has 28 heteroatoms. The van der Waals surface area contributed by atoms with E-state index in [0.717, 1.165) is 82.2 Å². The highest BCUT2D eigenvalue weighted by Crippen LogP contribution is 2.42. The second kappa shape index (κ2) is 25.5. The molecule has 6 atom stereocenters. The number of hydrazine groups is 1. The lowest BCUT2D eigenvalue weighted by Crippen LogP contribution is -2.63. The van der Waals surface area contributed by atoms with E-state index in [2.05, 4.69) is 51.9 Å². The third-order valence-corrected chi connectivity index (χ3v) is 15.0. The van der Waals surface area contributed by atoms with Crippen LogP contribution in [-0.2, 0) is 43.3 Å². The number of nitrogens with one attached hydrogen (secondary N) is 4. The molecule has 18 nitrogen and oxygen atoms in total. The van der Waals surface area contributed by atoms with Gasteiger partial charge in [-0.05, 0) is 95.0 Å². The molecule has 82 heavy (non-hydrogen) atoms. The molecule has 4 amide bonds. The average Bonchev–Trinajstić information content (AvgIpc) is 4.17. The number of pyridine rings is 1. The summed E-state index contributed by atoms with van der Waals surface area (Å²) in [6.07, 6.45) is -13.8. The van der Waals surface area contributed by atoms with Gasteiger partial charge in [-0.15, -0.1) is 0 Å². The Hall–Kier alpha value is -7.22. The molecule has 446 valence electrons. The Bertz CT molecular complexity index is 2930. The van der Waals surface area contributed by atoms with Crippen LogP contribution in [0.5, 0.6) is 0 Å². The number of carbonyl (C=O) groups is 4. The molecular formula is C54H62F10N10O8. The first-order chi connectivity index (χ1) is 38.5. The van der Waals surface area contributed by atoms with Gasteiger partial charge in [0.1, 0.15) is 36.1 Å². The number of halogens is 10. The van der Waals surface area contributed by atoms with Crippen molar-refractivity contribution < 1.29 is 82.4 Å². The lowest BCUT2D eigenvalue weighted by molar-refractivity contribution is -0.221. The normalized spacial score (nSPS) is 18.4. The maximum absolute atomic E-state index is 16.1. The standard InChI is InChI=1S/C54H62F10N10O8/c1-51(2,53(59,60)61)45(67-49(78)80-5)47(76)66-41(19-31-10-7-30(8-11-31)9-12-32-13-16-44(65-22-32)71-23-34-14-15-35(24-71)74(34)36-28-82-29-36)42(75)26-73(70-48(77)46(68-50(79)81-6)52(3,4)54(62,63)64)25-37-38(55)20-33(21-39(37)56)40-17-18-72(69-40)27-43(57)58/h7-8,10-11,13,16-18,20-22,34-36,41-43,45-46,75H,14-15,19,23-29H2,1-6H3,(H,66,76)(H,67,78)(H,68,79)(H,70,77)/t34?,35?,41-,42-,45+,46+/m0/s1. The van der Waals surface area contributed by atoms with Crippen LogP contribution in [0.1, 0.15) is 62.8 Å². The number of piperazine rings is 1. The monoisotopic (exact) mass is 1170 g/mol. The number of alkyl carbamates (subject to hydrolysis) is 2. The van der Waals surface area contributed by atoms with E-state index in [-0.39, 0.29) is 16.8 Å². The fraction of sp³-hybridized carbons (Fsp3) is 0.519. The number of alkyl halides is 8. The van der Waals surface area contributed by atoms with Gasteiger partial charge in [-0.2, -0.15) is 31.4 Å². The van der Waals surface area contributed by atoms with Crippen LogP contribution in [-0.4, -0.2) is 162 Å². The minimum absolute atomic E-state index is 0.155. The smallest absolute Gasteiger partial charge is 0.407 e. The quantitative estimate of drug-likeness (QED) is 0.0366. The van der Waals surface area contributed by atoms with Gasteiger partial charge < -0.3 is 40.2 Å². The molecule has 2 aromatic carbocycles.